The van der Waals surface area contributed by atoms with E-state index in [2.05, 4.69) is 9.82 Å². The molecule has 0 aliphatic rings. The van der Waals surface area contributed by atoms with Crippen LogP contribution in [0.5, 0.6) is 0 Å². The van der Waals surface area contributed by atoms with Crippen LogP contribution in [0.1, 0.15) is 24.2 Å². The highest BCUT2D eigenvalue weighted by atomic mass is 32.2. The number of nitrogens with two attached hydrogens (primary N) is 1. The van der Waals surface area contributed by atoms with Gasteiger partial charge in [-0.05, 0) is 30.7 Å². The first-order valence-corrected chi connectivity index (χ1v) is 7.70. The topological polar surface area (TPSA) is 90.0 Å². The molecule has 1 atom stereocenters. The van der Waals surface area contributed by atoms with Crippen molar-refractivity contribution in [3.8, 4) is 0 Å². The molecule has 0 spiro atoms. The molecule has 1 unspecified atom stereocenters. The Balaban J connectivity index is 2.15. The van der Waals surface area contributed by atoms with E-state index in [0.717, 1.165) is 5.56 Å². The summed E-state index contributed by atoms with van der Waals surface area (Å²) in [4.78, 5) is 0.211. The molecular formula is C13H18N4O2S. The van der Waals surface area contributed by atoms with E-state index < -0.39 is 10.0 Å². The summed E-state index contributed by atoms with van der Waals surface area (Å²) < 4.78 is 28.6. The molecule has 1 heterocycles. The lowest BCUT2D eigenvalue weighted by molar-refractivity contribution is 0.579. The van der Waals surface area contributed by atoms with Gasteiger partial charge in [-0.2, -0.15) is 5.10 Å². The molecule has 2 aromatic rings. The number of rotatable bonds is 5. The zero-order valence-electron chi connectivity index (χ0n) is 11.4. The van der Waals surface area contributed by atoms with Crippen molar-refractivity contribution in [2.24, 2.45) is 12.8 Å². The van der Waals surface area contributed by atoms with Crippen molar-refractivity contribution in [1.82, 2.24) is 14.5 Å². The maximum atomic E-state index is 12.2. The van der Waals surface area contributed by atoms with Gasteiger partial charge in [0.15, 0.2) is 0 Å². The summed E-state index contributed by atoms with van der Waals surface area (Å²) in [5.41, 5.74) is 7.21. The molecule has 1 aromatic carbocycles. The molecule has 6 nitrogen and oxygen atoms in total. The van der Waals surface area contributed by atoms with Crippen molar-refractivity contribution in [3.63, 3.8) is 0 Å². The van der Waals surface area contributed by atoms with Crippen molar-refractivity contribution < 1.29 is 8.42 Å². The minimum atomic E-state index is -3.56. The summed E-state index contributed by atoms with van der Waals surface area (Å²) in [5.74, 6) is 0. The van der Waals surface area contributed by atoms with E-state index in [0.29, 0.717) is 5.69 Å². The molecule has 20 heavy (non-hydrogen) atoms. The third-order valence-corrected chi connectivity index (χ3v) is 4.31. The SMILES string of the molecule is CC(N)c1cccc(S(=O)(=O)NCc2ccn(C)n2)c1. The number of aryl methyl sites for hydroxylation is 1. The van der Waals surface area contributed by atoms with Gasteiger partial charge >= 0.3 is 0 Å². The van der Waals surface area contributed by atoms with Crippen molar-refractivity contribution in [2.45, 2.75) is 24.4 Å². The van der Waals surface area contributed by atoms with Gasteiger partial charge in [0.1, 0.15) is 0 Å². The first-order valence-electron chi connectivity index (χ1n) is 6.22. The predicted molar refractivity (Wildman–Crippen MR) is 76.3 cm³/mol. The van der Waals surface area contributed by atoms with Crippen molar-refractivity contribution >= 4 is 10.0 Å². The fraction of sp³-hybridized carbons (Fsp3) is 0.308. The van der Waals surface area contributed by atoms with Gasteiger partial charge in [0.05, 0.1) is 17.1 Å². The van der Waals surface area contributed by atoms with E-state index in [1.54, 1.807) is 42.2 Å². The Morgan fingerprint density at radius 2 is 2.15 bits per heavy atom. The summed E-state index contributed by atoms with van der Waals surface area (Å²) in [6, 6.07) is 8.19. The summed E-state index contributed by atoms with van der Waals surface area (Å²) in [5, 5.41) is 4.12. The Morgan fingerprint density at radius 1 is 1.40 bits per heavy atom. The quantitative estimate of drug-likeness (QED) is 0.858. The average Bonchev–Trinajstić information content (AvgIpc) is 2.82. The van der Waals surface area contributed by atoms with Gasteiger partial charge in [0.2, 0.25) is 10.0 Å². The average molecular weight is 294 g/mol. The Morgan fingerprint density at radius 3 is 2.75 bits per heavy atom. The first kappa shape index (κ1) is 14.7. The van der Waals surface area contributed by atoms with Crippen LogP contribution >= 0.6 is 0 Å². The number of hydrogen-bond donors (Lipinski definition) is 2. The molecule has 0 fully saturated rings. The van der Waals surface area contributed by atoms with E-state index >= 15 is 0 Å². The van der Waals surface area contributed by atoms with Crippen LogP contribution in [0.3, 0.4) is 0 Å². The van der Waals surface area contributed by atoms with E-state index in [-0.39, 0.29) is 17.5 Å². The van der Waals surface area contributed by atoms with Crippen molar-refractivity contribution in [3.05, 3.63) is 47.8 Å². The zero-order valence-corrected chi connectivity index (χ0v) is 12.3. The van der Waals surface area contributed by atoms with E-state index in [4.69, 9.17) is 5.73 Å². The second-order valence-corrected chi connectivity index (χ2v) is 6.43. The number of nitrogens with zero attached hydrogens (tertiary/aromatic N) is 2. The van der Waals surface area contributed by atoms with Gasteiger partial charge < -0.3 is 5.73 Å². The largest absolute Gasteiger partial charge is 0.324 e. The highest BCUT2D eigenvalue weighted by molar-refractivity contribution is 7.89. The lowest BCUT2D eigenvalue weighted by atomic mass is 10.1. The molecule has 7 heteroatoms. The number of nitrogens with one attached hydrogen (secondary N) is 1. The maximum absolute atomic E-state index is 12.2. The molecule has 3 N–H and O–H groups in total. The number of sulfonamides is 1. The Bertz CT molecular complexity index is 692. The molecule has 0 amide bonds. The van der Waals surface area contributed by atoms with E-state index in [9.17, 15) is 8.42 Å². The smallest absolute Gasteiger partial charge is 0.240 e. The number of benzene rings is 1. The monoisotopic (exact) mass is 294 g/mol. The van der Waals surface area contributed by atoms with Gasteiger partial charge in [-0.3, -0.25) is 4.68 Å². The van der Waals surface area contributed by atoms with Gasteiger partial charge in [0.25, 0.3) is 0 Å². The maximum Gasteiger partial charge on any atom is 0.240 e. The summed E-state index contributed by atoms with van der Waals surface area (Å²) >= 11 is 0. The summed E-state index contributed by atoms with van der Waals surface area (Å²) in [7, 11) is -1.78. The summed E-state index contributed by atoms with van der Waals surface area (Å²) in [6.07, 6.45) is 1.76. The molecule has 0 aliphatic carbocycles. The Kier molecular flexibility index (Phi) is 4.22. The molecular weight excluding hydrogens is 276 g/mol. The molecule has 0 radical (unpaired) electrons. The minimum absolute atomic E-state index is 0.158. The third-order valence-electron chi connectivity index (χ3n) is 2.91. The van der Waals surface area contributed by atoms with E-state index in [1.165, 1.54) is 0 Å². The predicted octanol–water partition coefficient (Wildman–Crippen LogP) is 0.918. The van der Waals surface area contributed by atoms with Crippen LogP contribution in [0.2, 0.25) is 0 Å². The lowest BCUT2D eigenvalue weighted by Gasteiger charge is -2.09. The fourth-order valence-electron chi connectivity index (χ4n) is 1.77. The van der Waals surface area contributed by atoms with Gasteiger partial charge in [-0.25, -0.2) is 13.1 Å². The Hall–Kier alpha value is -1.70. The molecule has 0 bridgehead atoms. The molecule has 1 aromatic heterocycles. The first-order chi connectivity index (χ1) is 9.38. The van der Waals surface area contributed by atoms with Gasteiger partial charge in [0, 0.05) is 19.3 Å². The highest BCUT2D eigenvalue weighted by Gasteiger charge is 2.15. The highest BCUT2D eigenvalue weighted by Crippen LogP contribution is 2.16. The van der Waals surface area contributed by atoms with Gasteiger partial charge in [-0.1, -0.05) is 12.1 Å². The second kappa shape index (κ2) is 5.74. The lowest BCUT2D eigenvalue weighted by Crippen LogP contribution is -2.23. The molecule has 2 rings (SSSR count). The second-order valence-electron chi connectivity index (χ2n) is 4.67. The van der Waals surface area contributed by atoms with Crippen molar-refractivity contribution in [2.75, 3.05) is 0 Å². The van der Waals surface area contributed by atoms with Crippen LogP contribution in [0.4, 0.5) is 0 Å². The Labute approximate surface area is 118 Å². The van der Waals surface area contributed by atoms with Crippen molar-refractivity contribution in [1.29, 1.82) is 0 Å². The van der Waals surface area contributed by atoms with Crippen LogP contribution in [0.25, 0.3) is 0 Å². The van der Waals surface area contributed by atoms with Crippen LogP contribution in [-0.4, -0.2) is 18.2 Å². The molecule has 0 saturated heterocycles. The fourth-order valence-corrected chi connectivity index (χ4v) is 2.83. The third kappa shape index (κ3) is 3.44. The normalized spacial score (nSPS) is 13.3. The number of hydrogen-bond acceptors (Lipinski definition) is 4. The summed E-state index contributed by atoms with van der Waals surface area (Å²) in [6.45, 7) is 1.97. The van der Waals surface area contributed by atoms with E-state index in [1.807, 2.05) is 13.0 Å². The minimum Gasteiger partial charge on any atom is -0.324 e. The van der Waals surface area contributed by atoms with Crippen LogP contribution < -0.4 is 10.5 Å². The van der Waals surface area contributed by atoms with Gasteiger partial charge in [-0.15, -0.1) is 0 Å². The standard InChI is InChI=1S/C13H18N4O2S/c1-10(14)11-4-3-5-13(8-11)20(18,19)15-9-12-6-7-17(2)16-12/h3-8,10,15H,9,14H2,1-2H3. The molecule has 0 aliphatic heterocycles. The zero-order chi connectivity index (χ0) is 14.8. The van der Waals surface area contributed by atoms with Crippen LogP contribution in [0.15, 0.2) is 41.4 Å². The molecule has 108 valence electrons. The molecule has 0 saturated carbocycles. The van der Waals surface area contributed by atoms with Crippen LogP contribution in [0, 0.1) is 0 Å². The van der Waals surface area contributed by atoms with Crippen LogP contribution in [-0.2, 0) is 23.6 Å². The number of aromatic nitrogens is 2.